The molecule has 0 aromatic carbocycles. The molecule has 1 aliphatic carbocycles. The van der Waals surface area contributed by atoms with Crippen LogP contribution in [0.2, 0.25) is 0 Å². The van der Waals surface area contributed by atoms with Crippen LogP contribution in [0.3, 0.4) is 0 Å². The summed E-state index contributed by atoms with van der Waals surface area (Å²) in [5.41, 5.74) is 0. The molecule has 0 aromatic heterocycles. The summed E-state index contributed by atoms with van der Waals surface area (Å²) in [7, 11) is 1.66. The van der Waals surface area contributed by atoms with Gasteiger partial charge in [-0.1, -0.05) is 38.2 Å². The van der Waals surface area contributed by atoms with Gasteiger partial charge in [-0.2, -0.15) is 0 Å². The largest absolute Gasteiger partial charge is 0.356 e. The molecule has 0 radical (unpaired) electrons. The Bertz CT molecular complexity index is 181. The second kappa shape index (κ2) is 5.79. The van der Waals surface area contributed by atoms with Crippen molar-refractivity contribution >= 4 is 5.91 Å². The van der Waals surface area contributed by atoms with Gasteiger partial charge in [0.05, 0.1) is 0 Å². The molecule has 0 saturated heterocycles. The summed E-state index contributed by atoms with van der Waals surface area (Å²) in [6, 6.07) is 0. The number of nitrogens with one attached hydrogen (secondary N) is 1. The lowest BCUT2D eigenvalue weighted by Gasteiger charge is -2.19. The van der Waals surface area contributed by atoms with Gasteiger partial charge in [0.2, 0.25) is 5.91 Å². The first kappa shape index (κ1) is 10.3. The molecule has 13 heavy (non-hydrogen) atoms. The van der Waals surface area contributed by atoms with Crippen molar-refractivity contribution < 1.29 is 4.79 Å². The highest BCUT2D eigenvalue weighted by Gasteiger charge is 2.11. The van der Waals surface area contributed by atoms with Crippen LogP contribution in [0.25, 0.3) is 0 Å². The lowest BCUT2D eigenvalue weighted by molar-refractivity contribution is -0.116. The Morgan fingerprint density at radius 2 is 2.08 bits per heavy atom. The third-order valence-electron chi connectivity index (χ3n) is 2.71. The van der Waals surface area contributed by atoms with Crippen molar-refractivity contribution in [2.24, 2.45) is 5.92 Å². The first-order valence-electron chi connectivity index (χ1n) is 5.21. The van der Waals surface area contributed by atoms with Gasteiger partial charge in [-0.25, -0.2) is 0 Å². The zero-order valence-electron chi connectivity index (χ0n) is 8.38. The van der Waals surface area contributed by atoms with E-state index in [0.29, 0.717) is 0 Å². The minimum atomic E-state index is 0.0100. The van der Waals surface area contributed by atoms with Crippen molar-refractivity contribution in [3.05, 3.63) is 12.2 Å². The molecule has 1 amide bonds. The fraction of sp³-hybridized carbons (Fsp3) is 0.727. The van der Waals surface area contributed by atoms with E-state index < -0.39 is 0 Å². The summed E-state index contributed by atoms with van der Waals surface area (Å²) < 4.78 is 0. The second-order valence-electron chi connectivity index (χ2n) is 3.76. The Balaban J connectivity index is 2.16. The molecule has 0 atom stereocenters. The first-order chi connectivity index (χ1) is 6.33. The highest BCUT2D eigenvalue weighted by molar-refractivity contribution is 5.87. The smallest absolute Gasteiger partial charge is 0.243 e. The van der Waals surface area contributed by atoms with Crippen LogP contribution >= 0.6 is 0 Å². The van der Waals surface area contributed by atoms with E-state index in [-0.39, 0.29) is 5.91 Å². The van der Waals surface area contributed by atoms with Crippen molar-refractivity contribution in [1.82, 2.24) is 5.32 Å². The number of likely N-dealkylation sites (N-methyl/N-ethyl adjacent to an activating group) is 1. The second-order valence-corrected chi connectivity index (χ2v) is 3.76. The average Bonchev–Trinajstić information content (AvgIpc) is 2.19. The molecule has 1 aliphatic rings. The van der Waals surface area contributed by atoms with Crippen molar-refractivity contribution in [3.8, 4) is 0 Å². The van der Waals surface area contributed by atoms with Gasteiger partial charge in [0, 0.05) is 7.05 Å². The number of amides is 1. The lowest BCUT2D eigenvalue weighted by atomic mass is 9.87. The van der Waals surface area contributed by atoms with Crippen LogP contribution in [0.15, 0.2) is 12.2 Å². The van der Waals surface area contributed by atoms with E-state index in [4.69, 9.17) is 0 Å². The molecule has 1 N–H and O–H groups in total. The standard InChI is InChI=1S/C11H19NO/c1-12-11(13)9-5-8-10-6-3-2-4-7-10/h5,9-10H,2-4,6-8H2,1H3,(H,12,13)/b9-5+. The fourth-order valence-corrected chi connectivity index (χ4v) is 1.87. The fourth-order valence-electron chi connectivity index (χ4n) is 1.87. The normalized spacial score (nSPS) is 19.2. The van der Waals surface area contributed by atoms with Gasteiger partial charge in [0.1, 0.15) is 0 Å². The molecule has 1 rings (SSSR count). The Labute approximate surface area is 80.4 Å². The highest BCUT2D eigenvalue weighted by atomic mass is 16.1. The van der Waals surface area contributed by atoms with Gasteiger partial charge in [-0.15, -0.1) is 0 Å². The van der Waals surface area contributed by atoms with Crippen LogP contribution < -0.4 is 5.32 Å². The predicted molar refractivity (Wildman–Crippen MR) is 54.4 cm³/mol. The Morgan fingerprint density at radius 1 is 1.38 bits per heavy atom. The predicted octanol–water partition coefficient (Wildman–Crippen LogP) is 2.26. The number of carbonyl (C=O) groups excluding carboxylic acids is 1. The molecule has 74 valence electrons. The molecule has 2 nitrogen and oxygen atoms in total. The SMILES string of the molecule is CNC(=O)/C=C/CC1CCCCC1. The first-order valence-corrected chi connectivity index (χ1v) is 5.21. The van der Waals surface area contributed by atoms with Crippen LogP contribution in [0.4, 0.5) is 0 Å². The number of rotatable bonds is 3. The molecule has 1 saturated carbocycles. The molecular weight excluding hydrogens is 162 g/mol. The minimum absolute atomic E-state index is 0.0100. The molecular formula is C11H19NO. The van der Waals surface area contributed by atoms with E-state index in [2.05, 4.69) is 5.32 Å². The minimum Gasteiger partial charge on any atom is -0.356 e. The van der Waals surface area contributed by atoms with Crippen LogP contribution in [-0.2, 0) is 4.79 Å². The maximum atomic E-state index is 10.9. The van der Waals surface area contributed by atoms with Gasteiger partial charge in [-0.3, -0.25) is 4.79 Å². The third-order valence-corrected chi connectivity index (χ3v) is 2.71. The quantitative estimate of drug-likeness (QED) is 0.665. The summed E-state index contributed by atoms with van der Waals surface area (Å²) in [5.74, 6) is 0.838. The Morgan fingerprint density at radius 3 is 2.69 bits per heavy atom. The van der Waals surface area contributed by atoms with Crippen LogP contribution in [0.5, 0.6) is 0 Å². The molecule has 0 heterocycles. The summed E-state index contributed by atoms with van der Waals surface area (Å²) >= 11 is 0. The Kier molecular flexibility index (Phi) is 4.58. The third kappa shape index (κ3) is 4.11. The van der Waals surface area contributed by atoms with Crippen LogP contribution in [0, 0.1) is 5.92 Å². The maximum Gasteiger partial charge on any atom is 0.243 e. The molecule has 0 aromatic rings. The number of allylic oxidation sites excluding steroid dienone is 1. The summed E-state index contributed by atoms with van der Waals surface area (Å²) in [6.45, 7) is 0. The molecule has 0 unspecified atom stereocenters. The lowest BCUT2D eigenvalue weighted by Crippen LogP contribution is -2.14. The summed E-state index contributed by atoms with van der Waals surface area (Å²) in [5, 5.41) is 2.58. The summed E-state index contributed by atoms with van der Waals surface area (Å²) in [4.78, 5) is 10.9. The van der Waals surface area contributed by atoms with Crippen LogP contribution in [-0.4, -0.2) is 13.0 Å². The van der Waals surface area contributed by atoms with Gasteiger partial charge < -0.3 is 5.32 Å². The zero-order valence-corrected chi connectivity index (χ0v) is 8.38. The average molecular weight is 181 g/mol. The van der Waals surface area contributed by atoms with Gasteiger partial charge in [0.25, 0.3) is 0 Å². The molecule has 0 bridgehead atoms. The monoisotopic (exact) mass is 181 g/mol. The van der Waals surface area contributed by atoms with Crippen molar-refractivity contribution in [1.29, 1.82) is 0 Å². The van der Waals surface area contributed by atoms with E-state index in [1.165, 1.54) is 32.1 Å². The highest BCUT2D eigenvalue weighted by Crippen LogP contribution is 2.26. The van der Waals surface area contributed by atoms with Gasteiger partial charge in [-0.05, 0) is 18.4 Å². The summed E-state index contributed by atoms with van der Waals surface area (Å²) in [6.07, 6.45) is 11.6. The number of hydrogen-bond donors (Lipinski definition) is 1. The topological polar surface area (TPSA) is 29.1 Å². The Hall–Kier alpha value is -0.790. The maximum absolute atomic E-state index is 10.9. The number of hydrogen-bond acceptors (Lipinski definition) is 1. The van der Waals surface area contributed by atoms with E-state index in [0.717, 1.165) is 12.3 Å². The van der Waals surface area contributed by atoms with E-state index >= 15 is 0 Å². The van der Waals surface area contributed by atoms with Crippen molar-refractivity contribution in [3.63, 3.8) is 0 Å². The van der Waals surface area contributed by atoms with Crippen molar-refractivity contribution in [2.75, 3.05) is 7.05 Å². The van der Waals surface area contributed by atoms with Gasteiger partial charge in [0.15, 0.2) is 0 Å². The zero-order chi connectivity index (χ0) is 9.52. The van der Waals surface area contributed by atoms with E-state index in [1.807, 2.05) is 6.08 Å². The number of carbonyl (C=O) groups is 1. The van der Waals surface area contributed by atoms with Crippen LogP contribution in [0.1, 0.15) is 38.5 Å². The molecule has 2 heteroatoms. The molecule has 0 aliphatic heterocycles. The van der Waals surface area contributed by atoms with Gasteiger partial charge >= 0.3 is 0 Å². The van der Waals surface area contributed by atoms with Crippen molar-refractivity contribution in [2.45, 2.75) is 38.5 Å². The molecule has 1 fully saturated rings. The molecule has 0 spiro atoms. The van der Waals surface area contributed by atoms with E-state index in [1.54, 1.807) is 13.1 Å². The van der Waals surface area contributed by atoms with E-state index in [9.17, 15) is 4.79 Å².